The third kappa shape index (κ3) is 3.30. The lowest BCUT2D eigenvalue weighted by Crippen LogP contribution is -2.14. The molecule has 2 aromatic carbocycles. The van der Waals surface area contributed by atoms with Crippen LogP contribution in [-0.2, 0) is 10.0 Å². The molecule has 2 rings (SSSR count). The minimum atomic E-state index is -4.12. The second-order valence-electron chi connectivity index (χ2n) is 4.05. The molecule has 0 radical (unpaired) electrons. The van der Waals surface area contributed by atoms with Crippen molar-refractivity contribution in [2.45, 2.75) is 4.90 Å². The highest BCUT2D eigenvalue weighted by Crippen LogP contribution is 2.27. The van der Waals surface area contributed by atoms with Crippen molar-refractivity contribution in [1.29, 1.82) is 0 Å². The van der Waals surface area contributed by atoms with Crippen molar-refractivity contribution >= 4 is 37.3 Å². The fourth-order valence-corrected chi connectivity index (χ4v) is 3.70. The molecule has 0 unspecified atom stereocenters. The molecule has 0 aliphatic heterocycles. The average molecular weight is 381 g/mol. The number of nitrogens with one attached hydrogen (secondary N) is 1. The van der Waals surface area contributed by atoms with Crippen molar-refractivity contribution in [3.63, 3.8) is 0 Å². The number of benzene rings is 2. The second kappa shape index (κ2) is 5.57. The predicted molar refractivity (Wildman–Crippen MR) is 75.7 cm³/mol. The van der Waals surface area contributed by atoms with Crippen molar-refractivity contribution in [3.05, 3.63) is 52.3 Å². The van der Waals surface area contributed by atoms with Crippen molar-refractivity contribution in [2.75, 3.05) is 10.5 Å². The molecule has 0 aliphatic rings. The monoisotopic (exact) mass is 380 g/mol. The van der Waals surface area contributed by atoms with Crippen LogP contribution in [0.3, 0.4) is 0 Å². The van der Waals surface area contributed by atoms with Gasteiger partial charge in [0.25, 0.3) is 10.0 Å². The Kier molecular flexibility index (Phi) is 4.15. The first kappa shape index (κ1) is 15.6. The summed E-state index contributed by atoms with van der Waals surface area (Å²) in [6.07, 6.45) is 0. The lowest BCUT2D eigenvalue weighted by atomic mass is 10.3. The summed E-state index contributed by atoms with van der Waals surface area (Å²) >= 11 is 3.03. The first-order chi connectivity index (χ1) is 9.70. The van der Waals surface area contributed by atoms with E-state index in [1.54, 1.807) is 0 Å². The topological polar surface area (TPSA) is 72.2 Å². The summed E-state index contributed by atoms with van der Waals surface area (Å²) in [5.41, 5.74) is 5.39. The van der Waals surface area contributed by atoms with Gasteiger partial charge in [-0.2, -0.15) is 0 Å². The molecule has 112 valence electrons. The molecule has 2 aromatic rings. The number of rotatable bonds is 3. The van der Waals surface area contributed by atoms with Gasteiger partial charge in [0.1, 0.15) is 4.90 Å². The summed E-state index contributed by atoms with van der Waals surface area (Å²) in [7, 11) is -4.12. The van der Waals surface area contributed by atoms with Gasteiger partial charge in [0.05, 0.1) is 5.69 Å². The smallest absolute Gasteiger partial charge is 0.263 e. The number of hydrogen-bond acceptors (Lipinski definition) is 3. The third-order valence-corrected chi connectivity index (χ3v) is 4.84. The van der Waals surface area contributed by atoms with Gasteiger partial charge >= 0.3 is 0 Å². The summed E-state index contributed by atoms with van der Waals surface area (Å²) in [6, 6.07) is 5.02. The number of sulfonamides is 1. The van der Waals surface area contributed by atoms with Gasteiger partial charge in [-0.1, -0.05) is 0 Å². The molecule has 3 N–H and O–H groups in total. The molecule has 0 fully saturated rings. The Morgan fingerprint density at radius 3 is 2.14 bits per heavy atom. The minimum Gasteiger partial charge on any atom is -0.399 e. The van der Waals surface area contributed by atoms with E-state index in [1.165, 1.54) is 18.2 Å². The highest BCUT2D eigenvalue weighted by molar-refractivity contribution is 9.10. The van der Waals surface area contributed by atoms with E-state index in [4.69, 9.17) is 5.73 Å². The van der Waals surface area contributed by atoms with E-state index >= 15 is 0 Å². The zero-order valence-corrected chi connectivity index (χ0v) is 12.6. The van der Waals surface area contributed by atoms with Crippen LogP contribution < -0.4 is 10.5 Å². The third-order valence-electron chi connectivity index (χ3n) is 2.48. The first-order valence-corrected chi connectivity index (χ1v) is 7.71. The molecule has 9 heteroatoms. The largest absolute Gasteiger partial charge is 0.399 e. The Bertz CT molecular complexity index is 789. The molecule has 0 saturated heterocycles. The SMILES string of the molecule is Nc1ccc(S(=O)(=O)Nc2cc(F)c(F)c(F)c2)c(Br)c1. The van der Waals surface area contributed by atoms with Gasteiger partial charge in [-0.25, -0.2) is 21.6 Å². The Morgan fingerprint density at radius 2 is 1.62 bits per heavy atom. The molecule has 0 spiro atoms. The second-order valence-corrected chi connectivity index (χ2v) is 6.55. The van der Waals surface area contributed by atoms with Crippen LogP contribution in [0.4, 0.5) is 24.5 Å². The van der Waals surface area contributed by atoms with Gasteiger partial charge in [0.15, 0.2) is 17.5 Å². The predicted octanol–water partition coefficient (Wildman–Crippen LogP) is 3.25. The van der Waals surface area contributed by atoms with Crippen LogP contribution in [-0.4, -0.2) is 8.42 Å². The first-order valence-electron chi connectivity index (χ1n) is 5.43. The summed E-state index contributed by atoms with van der Waals surface area (Å²) in [5, 5.41) is 0. The standard InChI is InChI=1S/C12H8BrF3N2O2S/c13-8-3-6(17)1-2-11(8)21(19,20)18-7-4-9(14)12(16)10(15)5-7/h1-5,18H,17H2. The van der Waals surface area contributed by atoms with Crippen LogP contribution in [0.15, 0.2) is 39.7 Å². The summed E-state index contributed by atoms with van der Waals surface area (Å²) in [6.45, 7) is 0. The summed E-state index contributed by atoms with van der Waals surface area (Å²) < 4.78 is 65.4. The van der Waals surface area contributed by atoms with Crippen LogP contribution in [0.25, 0.3) is 0 Å². The number of anilines is 2. The molecule has 0 amide bonds. The van der Waals surface area contributed by atoms with Crippen LogP contribution >= 0.6 is 15.9 Å². The van der Waals surface area contributed by atoms with Gasteiger partial charge in [-0.15, -0.1) is 0 Å². The van der Waals surface area contributed by atoms with Crippen molar-refractivity contribution in [2.24, 2.45) is 0 Å². The molecular weight excluding hydrogens is 373 g/mol. The van der Waals surface area contributed by atoms with Gasteiger partial charge in [0.2, 0.25) is 0 Å². The fraction of sp³-hybridized carbons (Fsp3) is 0. The quantitative estimate of drug-likeness (QED) is 0.634. The number of nitrogens with two attached hydrogens (primary N) is 1. The molecule has 21 heavy (non-hydrogen) atoms. The van der Waals surface area contributed by atoms with Crippen molar-refractivity contribution < 1.29 is 21.6 Å². The highest BCUT2D eigenvalue weighted by Gasteiger charge is 2.20. The van der Waals surface area contributed by atoms with Crippen LogP contribution in [0.5, 0.6) is 0 Å². The maximum absolute atomic E-state index is 13.1. The summed E-state index contributed by atoms with van der Waals surface area (Å²) in [5.74, 6) is -4.67. The highest BCUT2D eigenvalue weighted by atomic mass is 79.9. The molecule has 0 saturated carbocycles. The zero-order valence-electron chi connectivity index (χ0n) is 10.2. The molecule has 0 bridgehead atoms. The summed E-state index contributed by atoms with van der Waals surface area (Å²) in [4.78, 5) is -0.179. The number of nitrogen functional groups attached to an aromatic ring is 1. The van der Waals surface area contributed by atoms with E-state index in [2.05, 4.69) is 15.9 Å². The lowest BCUT2D eigenvalue weighted by Gasteiger charge is -2.10. The van der Waals surface area contributed by atoms with Gasteiger partial charge < -0.3 is 5.73 Å². The Balaban J connectivity index is 2.42. The van der Waals surface area contributed by atoms with E-state index in [0.717, 1.165) is 0 Å². The van der Waals surface area contributed by atoms with Crippen molar-refractivity contribution in [1.82, 2.24) is 0 Å². The van der Waals surface area contributed by atoms with E-state index in [1.807, 2.05) is 4.72 Å². The molecule has 0 atom stereocenters. The van der Waals surface area contributed by atoms with E-state index in [-0.39, 0.29) is 9.37 Å². The number of halogens is 4. The number of hydrogen-bond donors (Lipinski definition) is 2. The Morgan fingerprint density at radius 1 is 1.05 bits per heavy atom. The van der Waals surface area contributed by atoms with Gasteiger partial charge in [0, 0.05) is 22.3 Å². The van der Waals surface area contributed by atoms with E-state index < -0.39 is 33.2 Å². The van der Waals surface area contributed by atoms with E-state index in [9.17, 15) is 21.6 Å². The normalized spacial score (nSPS) is 11.4. The van der Waals surface area contributed by atoms with E-state index in [0.29, 0.717) is 17.8 Å². The minimum absolute atomic E-state index is 0.179. The lowest BCUT2D eigenvalue weighted by molar-refractivity contribution is 0.448. The Labute approximate surface area is 127 Å². The fourth-order valence-electron chi connectivity index (χ4n) is 1.56. The maximum atomic E-state index is 13.1. The van der Waals surface area contributed by atoms with Crippen LogP contribution in [0.1, 0.15) is 0 Å². The van der Waals surface area contributed by atoms with Crippen LogP contribution in [0, 0.1) is 17.5 Å². The molecular formula is C12H8BrF3N2O2S. The van der Waals surface area contributed by atoms with Crippen LogP contribution in [0.2, 0.25) is 0 Å². The van der Waals surface area contributed by atoms with Gasteiger partial charge in [-0.3, -0.25) is 4.72 Å². The molecule has 0 aromatic heterocycles. The molecule has 0 aliphatic carbocycles. The molecule has 0 heterocycles. The van der Waals surface area contributed by atoms with Gasteiger partial charge in [-0.05, 0) is 34.1 Å². The average Bonchev–Trinajstić information content (AvgIpc) is 2.34. The maximum Gasteiger partial charge on any atom is 0.263 e. The molecule has 4 nitrogen and oxygen atoms in total. The Hall–Kier alpha value is -1.74. The van der Waals surface area contributed by atoms with Crippen molar-refractivity contribution in [3.8, 4) is 0 Å². The zero-order chi connectivity index (χ0) is 15.8.